The Hall–Kier alpha value is 1.31. The summed E-state index contributed by atoms with van der Waals surface area (Å²) in [4.78, 5) is 4.14. The molecule has 4 nitrogen and oxygen atoms in total. The largest absolute Gasteiger partial charge is 0.501 e. The maximum absolute atomic E-state index is 5.99. The quantitative estimate of drug-likeness (QED) is 0.327. The zero-order valence-electron chi connectivity index (χ0n) is 19.6. The van der Waals surface area contributed by atoms with Gasteiger partial charge >= 0.3 is 8.80 Å². The minimum atomic E-state index is -2.48. The van der Waals surface area contributed by atoms with E-state index in [9.17, 15) is 0 Å². The lowest BCUT2D eigenvalue weighted by atomic mass is 10.3. The van der Waals surface area contributed by atoms with Gasteiger partial charge in [0.15, 0.2) is 0 Å². The maximum atomic E-state index is 5.99. The second-order valence-corrected chi connectivity index (χ2v) is 10.2. The Bertz CT molecular complexity index is 562. The van der Waals surface area contributed by atoms with Gasteiger partial charge in [-0.2, -0.15) is 81.0 Å². The molecule has 0 fully saturated rings. The lowest BCUT2D eigenvalue weighted by molar-refractivity contribution is 0.00314. The molecule has 190 valence electrons. The van der Waals surface area contributed by atoms with Crippen molar-refractivity contribution in [2.24, 2.45) is 0 Å². The summed E-state index contributed by atoms with van der Waals surface area (Å²) in [5, 5.41) is 0. The zero-order chi connectivity index (χ0) is 18.9. The van der Waals surface area contributed by atoms with Gasteiger partial charge in [-0.25, -0.2) is 4.98 Å². The van der Waals surface area contributed by atoms with E-state index in [2.05, 4.69) is 18.0 Å². The number of hydrogen-bond acceptors (Lipinski definition) is 5. The molecule has 0 amide bonds. The SMILES string of the molecule is CCC[Si](OC(C)C)(OC(C)C)OC(C)C.S.S.S.S.S.S.c1ccc2scnc2c1. The summed E-state index contributed by atoms with van der Waals surface area (Å²) in [6, 6.07) is 9.02. The fraction of sp³-hybridized carbons (Fsp3) is 0.632. The third-order valence-electron chi connectivity index (χ3n) is 3.04. The predicted molar refractivity (Wildman–Crippen MR) is 171 cm³/mol. The third-order valence-corrected chi connectivity index (χ3v) is 7.45. The molecule has 0 aliphatic heterocycles. The third kappa shape index (κ3) is 19.3. The number of nitrogens with zero attached hydrogens (tertiary/aromatic N) is 1. The zero-order valence-corrected chi connectivity index (χ0v) is 27.4. The first kappa shape index (κ1) is 45.8. The minimum Gasteiger partial charge on any atom is -0.371 e. The van der Waals surface area contributed by atoms with Crippen molar-refractivity contribution < 1.29 is 13.3 Å². The first-order valence-corrected chi connectivity index (χ1v) is 11.9. The van der Waals surface area contributed by atoms with Crippen molar-refractivity contribution in [1.82, 2.24) is 4.98 Å². The Morgan fingerprint density at radius 3 is 1.55 bits per heavy atom. The van der Waals surface area contributed by atoms with Crippen molar-refractivity contribution >= 4 is 111 Å². The second kappa shape index (κ2) is 24.4. The van der Waals surface area contributed by atoms with Gasteiger partial charge in [0.05, 0.1) is 15.7 Å². The smallest absolute Gasteiger partial charge is 0.371 e. The lowest BCUT2D eigenvalue weighted by Gasteiger charge is -2.34. The van der Waals surface area contributed by atoms with Crippen LogP contribution in [-0.4, -0.2) is 32.1 Å². The molecule has 0 radical (unpaired) electrons. The second-order valence-electron chi connectivity index (χ2n) is 6.75. The van der Waals surface area contributed by atoms with E-state index in [1.165, 1.54) is 4.70 Å². The number of hydrogen-bond donors (Lipinski definition) is 0. The molecule has 0 spiro atoms. The average molecular weight is 588 g/mol. The summed E-state index contributed by atoms with van der Waals surface area (Å²) in [5.41, 5.74) is 2.97. The fourth-order valence-electron chi connectivity index (χ4n) is 2.45. The number of benzene rings is 1. The molecule has 12 heteroatoms. The van der Waals surface area contributed by atoms with Crippen LogP contribution in [0.5, 0.6) is 0 Å². The molecule has 1 heterocycles. The molecule has 0 aliphatic carbocycles. The Morgan fingerprint density at radius 1 is 0.774 bits per heavy atom. The van der Waals surface area contributed by atoms with Crippen LogP contribution < -0.4 is 0 Å². The summed E-state index contributed by atoms with van der Waals surface area (Å²) in [6.07, 6.45) is 1.47. The van der Waals surface area contributed by atoms with Crippen molar-refractivity contribution in [3.05, 3.63) is 29.8 Å². The Labute approximate surface area is 237 Å². The van der Waals surface area contributed by atoms with E-state index >= 15 is 0 Å². The highest BCUT2D eigenvalue weighted by Crippen LogP contribution is 2.23. The summed E-state index contributed by atoms with van der Waals surface area (Å²) >= 11 is 1.68. The number of aromatic nitrogens is 1. The monoisotopic (exact) mass is 587 g/mol. The highest BCUT2D eigenvalue weighted by Gasteiger charge is 2.43. The standard InChI is InChI=1S/C12H28O3Si.C7H5NS.6H2S/c1-8-9-16(13-10(2)3,14-11(4)5)15-12(6)7;1-2-4-7-6(3-1)8-5-9-7;;;;;;/h10-12H,8-9H2,1-7H3;1-5H;6*1H2. The minimum absolute atomic E-state index is 0. The van der Waals surface area contributed by atoms with E-state index < -0.39 is 8.80 Å². The molecule has 2 aromatic rings. The van der Waals surface area contributed by atoms with Gasteiger partial charge in [-0.3, -0.25) is 0 Å². The lowest BCUT2D eigenvalue weighted by Crippen LogP contribution is -2.50. The molecule has 0 N–H and O–H groups in total. The molecule has 0 unspecified atom stereocenters. The summed E-state index contributed by atoms with van der Waals surface area (Å²) in [6.45, 7) is 14.3. The van der Waals surface area contributed by atoms with Gasteiger partial charge in [-0.05, 0) is 53.7 Å². The predicted octanol–water partition coefficient (Wildman–Crippen LogP) is 6.58. The number of rotatable bonds is 8. The maximum Gasteiger partial charge on any atom is 0.501 e. The Balaban J connectivity index is -0.0000000909. The molecule has 0 aliphatic rings. The van der Waals surface area contributed by atoms with Gasteiger partial charge in [0.25, 0.3) is 0 Å². The van der Waals surface area contributed by atoms with E-state index in [0.717, 1.165) is 18.0 Å². The van der Waals surface area contributed by atoms with Crippen LogP contribution in [0.3, 0.4) is 0 Å². The fourth-order valence-corrected chi connectivity index (χ4v) is 6.41. The van der Waals surface area contributed by atoms with Gasteiger partial charge in [-0.15, -0.1) is 11.3 Å². The van der Waals surface area contributed by atoms with Gasteiger partial charge in [0.2, 0.25) is 0 Å². The molecule has 31 heavy (non-hydrogen) atoms. The van der Waals surface area contributed by atoms with Gasteiger partial charge in [0.1, 0.15) is 0 Å². The first-order chi connectivity index (χ1) is 11.8. The topological polar surface area (TPSA) is 40.6 Å². The van der Waals surface area contributed by atoms with Crippen LogP contribution in [0, 0.1) is 0 Å². The van der Waals surface area contributed by atoms with Crippen molar-refractivity contribution in [3.63, 3.8) is 0 Å². The molecular formula is C19H45NO3S7Si. The molecule has 0 bridgehead atoms. The molecule has 1 aromatic carbocycles. The molecule has 1 aromatic heterocycles. The molecule has 0 saturated carbocycles. The highest BCUT2D eigenvalue weighted by molar-refractivity contribution is 7.60. The van der Waals surface area contributed by atoms with E-state index in [0.29, 0.717) is 0 Å². The van der Waals surface area contributed by atoms with Crippen molar-refractivity contribution in [2.75, 3.05) is 0 Å². The normalized spacial score (nSPS) is 9.74. The van der Waals surface area contributed by atoms with E-state index in [4.69, 9.17) is 13.3 Å². The summed E-state index contributed by atoms with van der Waals surface area (Å²) in [7, 11) is -2.48. The van der Waals surface area contributed by atoms with Crippen molar-refractivity contribution in [1.29, 1.82) is 0 Å². The Kier molecular flexibility index (Phi) is 36.1. The van der Waals surface area contributed by atoms with E-state index in [-0.39, 0.29) is 99.3 Å². The summed E-state index contributed by atoms with van der Waals surface area (Å²) < 4.78 is 19.2. The number of para-hydroxylation sites is 1. The molecule has 0 atom stereocenters. The van der Waals surface area contributed by atoms with E-state index in [1.54, 1.807) is 11.3 Å². The Morgan fingerprint density at radius 2 is 1.19 bits per heavy atom. The van der Waals surface area contributed by atoms with Crippen LogP contribution in [-0.2, 0) is 13.3 Å². The van der Waals surface area contributed by atoms with Crippen LogP contribution >= 0.6 is 92.3 Å². The van der Waals surface area contributed by atoms with Gasteiger partial charge in [0, 0.05) is 24.4 Å². The number of fused-ring (bicyclic) bond motifs is 1. The number of thiazole rings is 1. The first-order valence-electron chi connectivity index (χ1n) is 9.09. The van der Waals surface area contributed by atoms with Gasteiger partial charge < -0.3 is 13.3 Å². The van der Waals surface area contributed by atoms with Crippen LogP contribution in [0.15, 0.2) is 29.8 Å². The highest BCUT2D eigenvalue weighted by atomic mass is 32.1. The van der Waals surface area contributed by atoms with Crippen LogP contribution in [0.25, 0.3) is 10.2 Å². The molecule has 0 saturated heterocycles. The van der Waals surface area contributed by atoms with Crippen molar-refractivity contribution in [2.45, 2.75) is 79.2 Å². The summed E-state index contributed by atoms with van der Waals surface area (Å²) in [5.74, 6) is 0. The van der Waals surface area contributed by atoms with Crippen LogP contribution in [0.2, 0.25) is 6.04 Å². The van der Waals surface area contributed by atoms with Crippen molar-refractivity contribution in [3.8, 4) is 0 Å². The van der Waals surface area contributed by atoms with Crippen LogP contribution in [0.4, 0.5) is 0 Å². The van der Waals surface area contributed by atoms with E-state index in [1.807, 2.05) is 65.3 Å². The molecular weight excluding hydrogens is 543 g/mol. The van der Waals surface area contributed by atoms with Crippen LogP contribution in [0.1, 0.15) is 54.9 Å². The molecule has 2 rings (SSSR count). The average Bonchev–Trinajstić information content (AvgIpc) is 2.93. The van der Waals surface area contributed by atoms with Gasteiger partial charge in [-0.1, -0.05) is 25.5 Å².